The van der Waals surface area contributed by atoms with Gasteiger partial charge in [0.15, 0.2) is 0 Å². The van der Waals surface area contributed by atoms with E-state index >= 15 is 0 Å². The van der Waals surface area contributed by atoms with Crippen LogP contribution in [0.15, 0.2) is 66.1 Å². The molecule has 2 aromatic rings. The molecular weight excluding hydrogens is 438 g/mol. The standard InChI is InChI=1S/C21H27N3O5S2/c1-4-12-22-21(25)19-6-5-7-20(13-19)31(28,29)23-14-17-8-10-18(11-9-17)15-30(26,27)24-16(2)3/h4-11,13,16,23-24H,1,12,14-15H2,2-3H3,(H,22,25). The first-order chi connectivity index (χ1) is 14.5. The largest absolute Gasteiger partial charge is 0.349 e. The number of amides is 1. The van der Waals surface area contributed by atoms with E-state index in [2.05, 4.69) is 21.3 Å². The number of sulfonamides is 2. The molecule has 1 amide bonds. The van der Waals surface area contributed by atoms with Crippen molar-refractivity contribution in [2.75, 3.05) is 6.54 Å². The Balaban J connectivity index is 2.04. The van der Waals surface area contributed by atoms with Crippen LogP contribution in [0, 0.1) is 0 Å². The summed E-state index contributed by atoms with van der Waals surface area (Å²) >= 11 is 0. The Labute approximate surface area is 183 Å². The van der Waals surface area contributed by atoms with Gasteiger partial charge in [0, 0.05) is 24.7 Å². The van der Waals surface area contributed by atoms with Crippen molar-refractivity contribution in [2.24, 2.45) is 0 Å². The van der Waals surface area contributed by atoms with Crippen molar-refractivity contribution in [2.45, 2.75) is 37.1 Å². The summed E-state index contributed by atoms with van der Waals surface area (Å²) in [5.74, 6) is -0.549. The van der Waals surface area contributed by atoms with Crippen LogP contribution in [-0.2, 0) is 32.3 Å². The Morgan fingerprint density at radius 1 is 1.03 bits per heavy atom. The smallest absolute Gasteiger partial charge is 0.251 e. The lowest BCUT2D eigenvalue weighted by Gasteiger charge is -2.11. The van der Waals surface area contributed by atoms with Crippen LogP contribution in [0.2, 0.25) is 0 Å². The van der Waals surface area contributed by atoms with Crippen molar-refractivity contribution in [1.29, 1.82) is 0 Å². The minimum absolute atomic E-state index is 0.0203. The number of carbonyl (C=O) groups is 1. The fraction of sp³-hybridized carbons (Fsp3) is 0.286. The van der Waals surface area contributed by atoms with Crippen molar-refractivity contribution < 1.29 is 21.6 Å². The first-order valence-corrected chi connectivity index (χ1v) is 12.7. The molecule has 0 spiro atoms. The summed E-state index contributed by atoms with van der Waals surface area (Å²) < 4.78 is 54.2. The zero-order valence-electron chi connectivity index (χ0n) is 17.5. The average molecular weight is 466 g/mol. The zero-order valence-corrected chi connectivity index (χ0v) is 19.1. The molecular formula is C21H27N3O5S2. The van der Waals surface area contributed by atoms with Crippen LogP contribution in [-0.4, -0.2) is 35.3 Å². The van der Waals surface area contributed by atoms with Crippen LogP contribution in [0.4, 0.5) is 0 Å². The number of nitrogens with one attached hydrogen (secondary N) is 3. The van der Waals surface area contributed by atoms with E-state index in [1.165, 1.54) is 30.3 Å². The maximum atomic E-state index is 12.6. The monoisotopic (exact) mass is 465 g/mol. The Morgan fingerprint density at radius 2 is 1.68 bits per heavy atom. The van der Waals surface area contributed by atoms with Crippen LogP contribution in [0.5, 0.6) is 0 Å². The molecule has 0 aliphatic heterocycles. The van der Waals surface area contributed by atoms with Gasteiger partial charge in [-0.2, -0.15) is 0 Å². The first-order valence-electron chi connectivity index (χ1n) is 9.59. The van der Waals surface area contributed by atoms with E-state index in [0.717, 1.165) is 0 Å². The number of hydrogen-bond acceptors (Lipinski definition) is 5. The van der Waals surface area contributed by atoms with Gasteiger partial charge in [-0.1, -0.05) is 36.4 Å². The average Bonchev–Trinajstić information content (AvgIpc) is 2.70. The summed E-state index contributed by atoms with van der Waals surface area (Å²) in [4.78, 5) is 12.0. The SMILES string of the molecule is C=CCNC(=O)c1cccc(S(=O)(=O)NCc2ccc(CS(=O)(=O)NC(C)C)cc2)c1. The quantitative estimate of drug-likeness (QED) is 0.438. The first kappa shape index (κ1) is 24.7. The Bertz CT molecular complexity index is 1130. The van der Waals surface area contributed by atoms with Crippen LogP contribution in [0.1, 0.15) is 35.3 Å². The van der Waals surface area contributed by atoms with Gasteiger partial charge in [0.1, 0.15) is 0 Å². The molecule has 0 aliphatic rings. The van der Waals surface area contributed by atoms with Gasteiger partial charge in [-0.25, -0.2) is 26.3 Å². The van der Waals surface area contributed by atoms with Gasteiger partial charge < -0.3 is 5.32 Å². The highest BCUT2D eigenvalue weighted by molar-refractivity contribution is 7.89. The lowest BCUT2D eigenvalue weighted by Crippen LogP contribution is -2.31. The van der Waals surface area contributed by atoms with E-state index in [4.69, 9.17) is 0 Å². The molecule has 0 saturated heterocycles. The molecule has 31 heavy (non-hydrogen) atoms. The van der Waals surface area contributed by atoms with Crippen molar-refractivity contribution in [1.82, 2.24) is 14.8 Å². The summed E-state index contributed by atoms with van der Waals surface area (Å²) in [6.07, 6.45) is 1.53. The van der Waals surface area contributed by atoms with Crippen molar-refractivity contribution in [3.63, 3.8) is 0 Å². The van der Waals surface area contributed by atoms with E-state index in [9.17, 15) is 21.6 Å². The lowest BCUT2D eigenvalue weighted by atomic mass is 10.1. The molecule has 2 rings (SSSR count). The molecule has 0 unspecified atom stereocenters. The van der Waals surface area contributed by atoms with E-state index in [-0.39, 0.29) is 35.3 Å². The maximum absolute atomic E-state index is 12.6. The third-order valence-corrected chi connectivity index (χ3v) is 7.02. The molecule has 10 heteroatoms. The van der Waals surface area contributed by atoms with Crippen molar-refractivity contribution in [3.8, 4) is 0 Å². The molecule has 0 bridgehead atoms. The molecule has 0 atom stereocenters. The minimum Gasteiger partial charge on any atom is -0.349 e. The van der Waals surface area contributed by atoms with Crippen molar-refractivity contribution in [3.05, 3.63) is 77.9 Å². The molecule has 0 aromatic heterocycles. The second-order valence-electron chi connectivity index (χ2n) is 7.20. The van der Waals surface area contributed by atoms with Gasteiger partial charge >= 0.3 is 0 Å². The topological polar surface area (TPSA) is 121 Å². The third kappa shape index (κ3) is 7.91. The molecule has 0 aliphatic carbocycles. The molecule has 0 radical (unpaired) electrons. The highest BCUT2D eigenvalue weighted by Gasteiger charge is 2.17. The zero-order chi connectivity index (χ0) is 23.1. The summed E-state index contributed by atoms with van der Waals surface area (Å²) in [6.45, 7) is 7.31. The van der Waals surface area contributed by atoms with E-state index in [1.807, 2.05) is 0 Å². The fourth-order valence-corrected chi connectivity index (χ4v) is 5.20. The van der Waals surface area contributed by atoms with Gasteiger partial charge in [-0.15, -0.1) is 6.58 Å². The number of hydrogen-bond donors (Lipinski definition) is 3. The molecule has 0 fully saturated rings. The van der Waals surface area contributed by atoms with Crippen LogP contribution >= 0.6 is 0 Å². The highest BCUT2D eigenvalue weighted by Crippen LogP contribution is 2.13. The molecule has 0 saturated carbocycles. The minimum atomic E-state index is -3.84. The highest BCUT2D eigenvalue weighted by atomic mass is 32.2. The summed E-state index contributed by atoms with van der Waals surface area (Å²) in [6, 6.07) is 12.2. The van der Waals surface area contributed by atoms with Gasteiger partial charge in [0.25, 0.3) is 5.91 Å². The maximum Gasteiger partial charge on any atom is 0.251 e. The fourth-order valence-electron chi connectivity index (χ4n) is 2.71. The predicted octanol–water partition coefficient (Wildman–Crippen LogP) is 1.91. The number of rotatable bonds is 11. The number of benzene rings is 2. The summed E-state index contributed by atoms with van der Waals surface area (Å²) in [5.41, 5.74) is 1.49. The van der Waals surface area contributed by atoms with Gasteiger partial charge in [-0.05, 0) is 43.2 Å². The van der Waals surface area contributed by atoms with E-state index < -0.39 is 26.0 Å². The predicted molar refractivity (Wildman–Crippen MR) is 120 cm³/mol. The second kappa shape index (κ2) is 10.7. The third-order valence-electron chi connectivity index (χ3n) is 4.07. The van der Waals surface area contributed by atoms with Crippen LogP contribution < -0.4 is 14.8 Å². The Kier molecular flexibility index (Phi) is 8.52. The Hall–Kier alpha value is -2.53. The van der Waals surface area contributed by atoms with Gasteiger partial charge in [-0.3, -0.25) is 4.79 Å². The normalized spacial score (nSPS) is 12.0. The summed E-state index contributed by atoms with van der Waals surface area (Å²) in [5, 5.41) is 2.60. The van der Waals surface area contributed by atoms with E-state index in [1.54, 1.807) is 38.1 Å². The Morgan fingerprint density at radius 3 is 2.29 bits per heavy atom. The molecule has 3 N–H and O–H groups in total. The second-order valence-corrected chi connectivity index (χ2v) is 10.7. The van der Waals surface area contributed by atoms with Crippen LogP contribution in [0.3, 0.4) is 0 Å². The molecule has 168 valence electrons. The van der Waals surface area contributed by atoms with Gasteiger partial charge in [0.05, 0.1) is 10.6 Å². The lowest BCUT2D eigenvalue weighted by molar-refractivity contribution is 0.0957. The summed E-state index contributed by atoms with van der Waals surface area (Å²) in [7, 11) is -7.28. The molecule has 2 aromatic carbocycles. The van der Waals surface area contributed by atoms with E-state index in [0.29, 0.717) is 11.1 Å². The molecule has 8 nitrogen and oxygen atoms in total. The van der Waals surface area contributed by atoms with Crippen molar-refractivity contribution >= 4 is 26.0 Å². The number of carbonyl (C=O) groups excluding carboxylic acids is 1. The van der Waals surface area contributed by atoms with Gasteiger partial charge in [0.2, 0.25) is 20.0 Å². The van der Waals surface area contributed by atoms with Crippen LogP contribution in [0.25, 0.3) is 0 Å². The molecule has 0 heterocycles.